The summed E-state index contributed by atoms with van der Waals surface area (Å²) < 4.78 is 90.2. The van der Waals surface area contributed by atoms with Crippen LogP contribution in [0.2, 0.25) is 0 Å². The normalized spacial score (nSPS) is 24.6. The zero-order valence-corrected chi connectivity index (χ0v) is 20.6. The van der Waals surface area contributed by atoms with Gasteiger partial charge in [-0.25, -0.2) is 30.7 Å². The van der Waals surface area contributed by atoms with Gasteiger partial charge in [0, 0.05) is 17.0 Å². The molecule has 0 unspecified atom stereocenters. The minimum atomic E-state index is -3.82. The predicted octanol–water partition coefficient (Wildman–Crippen LogP) is 3.37. The Morgan fingerprint density at radius 1 is 1.11 bits per heavy atom. The fraction of sp³-hybridized carbons (Fsp3) is 0.458. The van der Waals surface area contributed by atoms with Crippen molar-refractivity contribution in [3.8, 4) is 5.75 Å². The molecule has 0 radical (unpaired) electrons. The third-order valence-corrected chi connectivity index (χ3v) is 9.04. The highest BCUT2D eigenvalue weighted by molar-refractivity contribution is 7.91. The molecule has 37 heavy (non-hydrogen) atoms. The smallest absolute Gasteiger partial charge is 0.287 e. The standard InChI is InChI=1S/C24H24F4N4O4S/c1-2-37(34,35)15-36-18-6-3-16(4-7-18)21-10-22(11-21,12-21)24(27,28)23(33,13-32-14-29-30-31-32)19-8-5-17(25)9-20(19)26/h3-9,14,33H,2,10-13,15H2,1H3/t21?,22?,23-/m1/s1. The highest BCUT2D eigenvalue weighted by atomic mass is 32.2. The van der Waals surface area contributed by atoms with Crippen LogP contribution in [-0.2, 0) is 27.4 Å². The van der Waals surface area contributed by atoms with E-state index < -0.39 is 61.9 Å². The lowest BCUT2D eigenvalue weighted by molar-refractivity contribution is -0.347. The molecule has 1 N–H and O–H groups in total. The lowest BCUT2D eigenvalue weighted by atomic mass is 9.30. The third-order valence-electron chi connectivity index (χ3n) is 7.69. The van der Waals surface area contributed by atoms with Gasteiger partial charge in [0.2, 0.25) is 0 Å². The maximum Gasteiger partial charge on any atom is 0.287 e. The first-order valence-corrected chi connectivity index (χ1v) is 13.4. The van der Waals surface area contributed by atoms with Crippen molar-refractivity contribution in [3.63, 3.8) is 0 Å². The second-order valence-corrected chi connectivity index (χ2v) is 12.3. The highest BCUT2D eigenvalue weighted by Crippen LogP contribution is 2.80. The summed E-state index contributed by atoms with van der Waals surface area (Å²) in [6.07, 6.45) is 1.15. The van der Waals surface area contributed by atoms with E-state index in [1.54, 1.807) is 24.3 Å². The Hall–Kier alpha value is -3.06. The lowest BCUT2D eigenvalue weighted by Crippen LogP contribution is -2.76. The number of hydrogen-bond donors (Lipinski definition) is 1. The average molecular weight is 541 g/mol. The Balaban J connectivity index is 1.38. The molecule has 1 heterocycles. The van der Waals surface area contributed by atoms with Gasteiger partial charge in [-0.05, 0) is 64.9 Å². The van der Waals surface area contributed by atoms with E-state index in [1.807, 2.05) is 0 Å². The van der Waals surface area contributed by atoms with Gasteiger partial charge < -0.3 is 9.84 Å². The number of benzene rings is 2. The molecule has 1 atom stereocenters. The Morgan fingerprint density at radius 3 is 2.35 bits per heavy atom. The number of aliphatic hydroxyl groups is 1. The molecular weight excluding hydrogens is 516 g/mol. The SMILES string of the molecule is CCS(=O)(=O)COc1ccc(C23CC(C(F)(F)[C@@](O)(Cn4cnnn4)c4ccc(F)cc4F)(C2)C3)cc1. The molecule has 1 aromatic heterocycles. The number of sulfone groups is 1. The van der Waals surface area contributed by atoms with Gasteiger partial charge in [0.1, 0.15) is 23.7 Å². The van der Waals surface area contributed by atoms with E-state index in [2.05, 4.69) is 15.5 Å². The van der Waals surface area contributed by atoms with Crippen LogP contribution in [0, 0.1) is 17.0 Å². The number of rotatable bonds is 10. The molecule has 0 spiro atoms. The van der Waals surface area contributed by atoms with Gasteiger partial charge >= 0.3 is 0 Å². The van der Waals surface area contributed by atoms with Crippen molar-refractivity contribution in [2.24, 2.45) is 5.41 Å². The molecule has 198 valence electrons. The molecule has 0 amide bonds. The van der Waals surface area contributed by atoms with E-state index in [9.17, 15) is 22.3 Å². The molecule has 3 aromatic rings. The second-order valence-electron chi connectivity index (χ2n) is 9.98. The van der Waals surface area contributed by atoms with Gasteiger partial charge in [0.15, 0.2) is 21.4 Å². The number of alkyl halides is 2. The summed E-state index contributed by atoms with van der Waals surface area (Å²) in [6, 6.07) is 8.69. The van der Waals surface area contributed by atoms with Crippen molar-refractivity contribution >= 4 is 9.84 Å². The van der Waals surface area contributed by atoms with Crippen LogP contribution in [0.25, 0.3) is 0 Å². The topological polar surface area (TPSA) is 107 Å². The Morgan fingerprint density at radius 2 is 1.78 bits per heavy atom. The molecule has 3 fully saturated rings. The van der Waals surface area contributed by atoms with Crippen LogP contribution < -0.4 is 4.74 Å². The molecule has 2 bridgehead atoms. The first kappa shape index (κ1) is 25.6. The van der Waals surface area contributed by atoms with Crippen molar-refractivity contribution in [3.05, 3.63) is 71.6 Å². The maximum absolute atomic E-state index is 16.2. The van der Waals surface area contributed by atoms with Crippen LogP contribution in [0.4, 0.5) is 17.6 Å². The molecule has 2 aromatic carbocycles. The summed E-state index contributed by atoms with van der Waals surface area (Å²) >= 11 is 0. The van der Waals surface area contributed by atoms with Gasteiger partial charge in [-0.1, -0.05) is 19.1 Å². The van der Waals surface area contributed by atoms with Crippen LogP contribution in [0.5, 0.6) is 5.75 Å². The molecule has 13 heteroatoms. The van der Waals surface area contributed by atoms with E-state index >= 15 is 8.78 Å². The molecule has 0 saturated heterocycles. The van der Waals surface area contributed by atoms with E-state index in [0.717, 1.165) is 28.7 Å². The van der Waals surface area contributed by atoms with E-state index in [0.29, 0.717) is 11.8 Å². The van der Waals surface area contributed by atoms with Crippen LogP contribution >= 0.6 is 0 Å². The largest absolute Gasteiger partial charge is 0.478 e. The maximum atomic E-state index is 16.2. The summed E-state index contributed by atoms with van der Waals surface area (Å²) in [6.45, 7) is 0.682. The average Bonchev–Trinajstić information content (AvgIpc) is 3.29. The van der Waals surface area contributed by atoms with E-state index in [4.69, 9.17) is 4.74 Å². The Labute approximate surface area is 210 Å². The van der Waals surface area contributed by atoms with Crippen molar-refractivity contribution in [1.82, 2.24) is 20.2 Å². The number of tetrazole rings is 1. The van der Waals surface area contributed by atoms with Gasteiger partial charge in [0.05, 0.1) is 12.3 Å². The first-order chi connectivity index (χ1) is 17.4. The molecule has 3 aliphatic carbocycles. The fourth-order valence-corrected chi connectivity index (χ4v) is 6.16. The van der Waals surface area contributed by atoms with E-state index in [-0.39, 0.29) is 25.0 Å². The van der Waals surface area contributed by atoms with Gasteiger partial charge in [0.25, 0.3) is 5.92 Å². The fourth-order valence-electron chi connectivity index (χ4n) is 5.68. The van der Waals surface area contributed by atoms with Gasteiger partial charge in [-0.15, -0.1) is 5.10 Å². The predicted molar refractivity (Wildman–Crippen MR) is 122 cm³/mol. The van der Waals surface area contributed by atoms with Crippen molar-refractivity contribution in [1.29, 1.82) is 0 Å². The van der Waals surface area contributed by atoms with Crippen molar-refractivity contribution in [2.75, 3.05) is 11.7 Å². The minimum Gasteiger partial charge on any atom is -0.478 e. The summed E-state index contributed by atoms with van der Waals surface area (Å²) in [5.41, 5.74) is -5.16. The van der Waals surface area contributed by atoms with Gasteiger partial charge in [-0.2, -0.15) is 0 Å². The molecule has 3 aliphatic rings. The van der Waals surface area contributed by atoms with Crippen LogP contribution in [0.15, 0.2) is 48.8 Å². The number of halogens is 4. The summed E-state index contributed by atoms with van der Waals surface area (Å²) in [5.74, 6) is -6.23. The number of hydrogen-bond acceptors (Lipinski definition) is 7. The first-order valence-electron chi connectivity index (χ1n) is 11.6. The summed E-state index contributed by atoms with van der Waals surface area (Å²) in [7, 11) is -3.32. The summed E-state index contributed by atoms with van der Waals surface area (Å²) in [5, 5.41) is 21.8. The molecule has 6 rings (SSSR count). The Bertz CT molecular complexity index is 1400. The lowest BCUT2D eigenvalue weighted by Gasteiger charge is -2.74. The molecular formula is C24H24F4N4O4S. The minimum absolute atomic E-state index is 0.0398. The summed E-state index contributed by atoms with van der Waals surface area (Å²) in [4.78, 5) is 0. The third kappa shape index (κ3) is 3.99. The zero-order valence-electron chi connectivity index (χ0n) is 19.7. The monoisotopic (exact) mass is 540 g/mol. The van der Waals surface area contributed by atoms with Crippen molar-refractivity contribution in [2.45, 2.75) is 49.7 Å². The quantitative estimate of drug-likeness (QED) is 0.393. The number of nitrogens with zero attached hydrogens (tertiary/aromatic N) is 4. The van der Waals surface area contributed by atoms with Crippen LogP contribution in [0.3, 0.4) is 0 Å². The zero-order chi connectivity index (χ0) is 26.7. The molecule has 8 nitrogen and oxygen atoms in total. The highest BCUT2D eigenvalue weighted by Gasteiger charge is 2.82. The molecule has 3 saturated carbocycles. The van der Waals surface area contributed by atoms with Crippen LogP contribution in [-0.4, -0.2) is 51.3 Å². The van der Waals surface area contributed by atoms with Crippen molar-refractivity contribution < 1.29 is 35.8 Å². The molecule has 0 aliphatic heterocycles. The second kappa shape index (κ2) is 8.48. The van der Waals surface area contributed by atoms with E-state index in [1.165, 1.54) is 6.92 Å². The van der Waals surface area contributed by atoms with Crippen LogP contribution in [0.1, 0.15) is 37.3 Å². The Kier molecular flexibility index (Phi) is 5.87. The number of ether oxygens (including phenoxy) is 1. The van der Waals surface area contributed by atoms with Gasteiger partial charge in [-0.3, -0.25) is 0 Å². The number of aromatic nitrogens is 4.